The number of nitrogens with one attached hydrogen (secondary N) is 1. The molecule has 0 spiro atoms. The lowest BCUT2D eigenvalue weighted by Gasteiger charge is -2.23. The number of nitrogens with zero attached hydrogens (tertiary/aromatic N) is 1. The summed E-state index contributed by atoms with van der Waals surface area (Å²) in [5, 5.41) is 28.8. The van der Waals surface area contributed by atoms with Crippen LogP contribution in [0.4, 0.5) is 0 Å². The summed E-state index contributed by atoms with van der Waals surface area (Å²) in [6, 6.07) is -0.733. The van der Waals surface area contributed by atoms with Gasteiger partial charge in [-0.1, -0.05) is 0 Å². The molecule has 1 aliphatic carbocycles. The average molecular weight is 368 g/mol. The zero-order chi connectivity index (χ0) is 13.4. The van der Waals surface area contributed by atoms with Crippen LogP contribution < -0.4 is 11.2 Å². The first kappa shape index (κ1) is 13.7. The molecule has 0 aliphatic heterocycles. The van der Waals surface area contributed by atoms with Crippen molar-refractivity contribution in [1.29, 1.82) is 0 Å². The molecule has 1 aliphatic rings. The van der Waals surface area contributed by atoms with Gasteiger partial charge in [0.25, 0.3) is 5.56 Å². The standard InChI is InChI=1S/C10H13IN2O5/c11-5-2-13(10(18)12-9(5)17)8-4(3-14)6(15)1-7(8)16/h2,4,6-8,14-16H,1,3H2,(H,12,17,18). The number of H-pyrrole nitrogens is 1. The monoisotopic (exact) mass is 368 g/mol. The Morgan fingerprint density at radius 1 is 1.39 bits per heavy atom. The average Bonchev–Trinajstić information content (AvgIpc) is 2.58. The molecule has 18 heavy (non-hydrogen) atoms. The molecule has 0 amide bonds. The molecule has 1 heterocycles. The number of rotatable bonds is 2. The van der Waals surface area contributed by atoms with E-state index in [9.17, 15) is 24.9 Å². The summed E-state index contributed by atoms with van der Waals surface area (Å²) >= 11 is 1.77. The highest BCUT2D eigenvalue weighted by atomic mass is 127. The van der Waals surface area contributed by atoms with Crippen LogP contribution in [-0.2, 0) is 0 Å². The van der Waals surface area contributed by atoms with Gasteiger partial charge >= 0.3 is 5.69 Å². The van der Waals surface area contributed by atoms with Gasteiger partial charge < -0.3 is 15.3 Å². The summed E-state index contributed by atoms with van der Waals surface area (Å²) in [5.41, 5.74) is -1.15. The van der Waals surface area contributed by atoms with Gasteiger partial charge in [0.05, 0.1) is 28.4 Å². The minimum absolute atomic E-state index is 0.0953. The largest absolute Gasteiger partial charge is 0.396 e. The van der Waals surface area contributed by atoms with E-state index in [0.717, 1.165) is 0 Å². The second kappa shape index (κ2) is 5.11. The normalized spacial score (nSPS) is 31.8. The molecule has 0 aromatic carbocycles. The van der Waals surface area contributed by atoms with Crippen LogP contribution in [0.3, 0.4) is 0 Å². The number of halogens is 1. The van der Waals surface area contributed by atoms with Gasteiger partial charge in [-0.25, -0.2) is 4.79 Å². The number of hydrogen-bond acceptors (Lipinski definition) is 5. The summed E-state index contributed by atoms with van der Waals surface area (Å²) in [4.78, 5) is 25.1. The van der Waals surface area contributed by atoms with Crippen molar-refractivity contribution in [2.24, 2.45) is 5.92 Å². The maximum atomic E-state index is 11.7. The van der Waals surface area contributed by atoms with Crippen molar-refractivity contribution in [1.82, 2.24) is 9.55 Å². The first-order valence-corrected chi connectivity index (χ1v) is 6.51. The van der Waals surface area contributed by atoms with Crippen LogP contribution in [0.2, 0.25) is 0 Å². The topological polar surface area (TPSA) is 116 Å². The highest BCUT2D eigenvalue weighted by molar-refractivity contribution is 14.1. The molecule has 7 nitrogen and oxygen atoms in total. The first-order chi connectivity index (χ1) is 8.45. The summed E-state index contributed by atoms with van der Waals surface area (Å²) < 4.78 is 1.47. The first-order valence-electron chi connectivity index (χ1n) is 5.43. The second-order valence-corrected chi connectivity index (χ2v) is 5.51. The summed E-state index contributed by atoms with van der Waals surface area (Å²) in [5.74, 6) is -0.626. The molecule has 1 fully saturated rings. The lowest BCUT2D eigenvalue weighted by Crippen LogP contribution is -2.39. The van der Waals surface area contributed by atoms with Crippen molar-refractivity contribution in [3.63, 3.8) is 0 Å². The molecule has 0 bridgehead atoms. The molecule has 4 atom stereocenters. The van der Waals surface area contributed by atoms with Gasteiger partial charge in [0.1, 0.15) is 0 Å². The summed E-state index contributed by atoms with van der Waals surface area (Å²) in [6.07, 6.45) is -0.378. The van der Waals surface area contributed by atoms with Crippen LogP contribution in [0.5, 0.6) is 0 Å². The molecule has 4 N–H and O–H groups in total. The van der Waals surface area contributed by atoms with Crippen LogP contribution in [0.25, 0.3) is 0 Å². The van der Waals surface area contributed by atoms with Crippen LogP contribution in [0.1, 0.15) is 12.5 Å². The minimum Gasteiger partial charge on any atom is -0.396 e. The molecular weight excluding hydrogens is 355 g/mol. The zero-order valence-corrected chi connectivity index (χ0v) is 11.4. The Kier molecular flexibility index (Phi) is 3.90. The van der Waals surface area contributed by atoms with Crippen molar-refractivity contribution in [3.8, 4) is 0 Å². The van der Waals surface area contributed by atoms with Gasteiger partial charge in [-0.2, -0.15) is 0 Å². The molecule has 1 aromatic heterocycles. The minimum atomic E-state index is -0.934. The third-order valence-electron chi connectivity index (χ3n) is 3.27. The zero-order valence-electron chi connectivity index (χ0n) is 9.28. The van der Waals surface area contributed by atoms with Gasteiger partial charge in [0.15, 0.2) is 0 Å². The lowest BCUT2D eigenvalue weighted by molar-refractivity contribution is 0.0690. The number of hydrogen-bond donors (Lipinski definition) is 4. The van der Waals surface area contributed by atoms with Gasteiger partial charge in [0.2, 0.25) is 0 Å². The Hall–Kier alpha value is -0.710. The Morgan fingerprint density at radius 2 is 2.06 bits per heavy atom. The Bertz CT molecular complexity index is 554. The molecule has 2 rings (SSSR count). The predicted octanol–water partition coefficient (Wildman–Crippen LogP) is -1.58. The molecule has 100 valence electrons. The molecule has 1 aromatic rings. The molecular formula is C10H13IN2O5. The fourth-order valence-electron chi connectivity index (χ4n) is 2.38. The van der Waals surface area contributed by atoms with E-state index in [1.54, 1.807) is 22.6 Å². The van der Waals surface area contributed by atoms with Crippen molar-refractivity contribution in [2.45, 2.75) is 24.7 Å². The third kappa shape index (κ3) is 2.25. The highest BCUT2D eigenvalue weighted by Gasteiger charge is 2.43. The van der Waals surface area contributed by atoms with E-state index in [0.29, 0.717) is 3.57 Å². The van der Waals surface area contributed by atoms with Crippen LogP contribution >= 0.6 is 22.6 Å². The van der Waals surface area contributed by atoms with E-state index < -0.39 is 35.4 Å². The van der Waals surface area contributed by atoms with Gasteiger partial charge in [-0.05, 0) is 22.6 Å². The highest BCUT2D eigenvalue weighted by Crippen LogP contribution is 2.35. The van der Waals surface area contributed by atoms with Crippen molar-refractivity contribution in [2.75, 3.05) is 6.61 Å². The van der Waals surface area contributed by atoms with Crippen molar-refractivity contribution >= 4 is 22.6 Å². The summed E-state index contributed by atoms with van der Waals surface area (Å²) in [7, 11) is 0. The van der Waals surface area contributed by atoms with E-state index >= 15 is 0 Å². The Labute approximate surface area is 115 Å². The van der Waals surface area contributed by atoms with E-state index in [2.05, 4.69) is 4.98 Å². The molecule has 1 saturated carbocycles. The Morgan fingerprint density at radius 3 is 2.67 bits per heavy atom. The number of aromatic nitrogens is 2. The maximum Gasteiger partial charge on any atom is 0.328 e. The van der Waals surface area contributed by atoms with E-state index in [1.807, 2.05) is 0 Å². The third-order valence-corrected chi connectivity index (χ3v) is 4.03. The second-order valence-electron chi connectivity index (χ2n) is 4.35. The quantitative estimate of drug-likeness (QED) is 0.470. The number of aliphatic hydroxyl groups is 3. The van der Waals surface area contributed by atoms with Gasteiger partial charge in [-0.3, -0.25) is 14.3 Å². The van der Waals surface area contributed by atoms with E-state index in [-0.39, 0.29) is 13.0 Å². The van der Waals surface area contributed by atoms with Crippen LogP contribution in [0.15, 0.2) is 15.8 Å². The fourth-order valence-corrected chi connectivity index (χ4v) is 2.81. The molecule has 0 radical (unpaired) electrons. The smallest absolute Gasteiger partial charge is 0.328 e. The number of aliphatic hydroxyl groups excluding tert-OH is 3. The van der Waals surface area contributed by atoms with Crippen molar-refractivity contribution in [3.05, 3.63) is 30.6 Å². The van der Waals surface area contributed by atoms with Gasteiger partial charge in [-0.15, -0.1) is 0 Å². The maximum absolute atomic E-state index is 11.7. The van der Waals surface area contributed by atoms with Gasteiger partial charge in [0, 0.05) is 18.5 Å². The van der Waals surface area contributed by atoms with Crippen LogP contribution in [-0.4, -0.2) is 43.7 Å². The lowest BCUT2D eigenvalue weighted by atomic mass is 10.0. The SMILES string of the molecule is O=c1[nH]c(=O)n(C2C(O)CC(O)C2CO)cc1I. The van der Waals surface area contributed by atoms with Crippen molar-refractivity contribution < 1.29 is 15.3 Å². The van der Waals surface area contributed by atoms with Crippen LogP contribution in [0, 0.1) is 9.49 Å². The van der Waals surface area contributed by atoms with E-state index in [4.69, 9.17) is 0 Å². The van der Waals surface area contributed by atoms with E-state index in [1.165, 1.54) is 10.8 Å². The fraction of sp³-hybridized carbons (Fsp3) is 0.600. The predicted molar refractivity (Wildman–Crippen MR) is 70.3 cm³/mol. The molecule has 0 saturated heterocycles. The molecule has 8 heteroatoms. The Balaban J connectivity index is 2.51. The summed E-state index contributed by atoms with van der Waals surface area (Å²) in [6.45, 7) is -0.342. The molecule has 4 unspecified atom stereocenters. The number of aromatic amines is 1.